The molecule has 2 nitrogen and oxygen atoms in total. The molecule has 0 aliphatic carbocycles. The quantitative estimate of drug-likeness (QED) is 0.523. The topological polar surface area (TPSA) is 26.3 Å². The van der Waals surface area contributed by atoms with Gasteiger partial charge >= 0.3 is 5.97 Å². The number of carbonyl (C=O) groups is 1. The number of esters is 1. The van der Waals surface area contributed by atoms with Crippen LogP contribution < -0.4 is 4.74 Å². The molecule has 0 aromatic heterocycles. The molecule has 1 aromatic carbocycles. The van der Waals surface area contributed by atoms with Crippen LogP contribution in [-0.2, 0) is 4.79 Å². The average molecular weight is 186 g/mol. The van der Waals surface area contributed by atoms with Crippen LogP contribution in [0.15, 0.2) is 18.2 Å². The highest BCUT2D eigenvalue weighted by molar-refractivity contribution is 5.71. The first kappa shape index (κ1) is 9.64. The van der Waals surface area contributed by atoms with Gasteiger partial charge in [0.2, 0.25) is 0 Å². The molecule has 1 rings (SSSR count). The lowest BCUT2D eigenvalue weighted by atomic mass is 10.3. The Balaban J connectivity index is 2.83. The molecular weight excluding hydrogens is 178 g/mol. The molecule has 0 saturated carbocycles. The Bertz CT molecular complexity index is 303. The van der Waals surface area contributed by atoms with Crippen LogP contribution in [0.4, 0.5) is 8.78 Å². The van der Waals surface area contributed by atoms with Crippen molar-refractivity contribution in [3.63, 3.8) is 0 Å². The highest BCUT2D eigenvalue weighted by Gasteiger charge is 2.04. The van der Waals surface area contributed by atoms with E-state index in [9.17, 15) is 13.6 Å². The predicted octanol–water partition coefficient (Wildman–Crippen LogP) is 2.28. The normalized spacial score (nSPS) is 9.77. The molecule has 0 bridgehead atoms. The third-order valence-electron chi connectivity index (χ3n) is 1.36. The minimum atomic E-state index is -0.765. The first-order valence-electron chi connectivity index (χ1n) is 3.78. The largest absolute Gasteiger partial charge is 0.426 e. The predicted molar refractivity (Wildman–Crippen MR) is 42.3 cm³/mol. The van der Waals surface area contributed by atoms with E-state index in [1.54, 1.807) is 6.92 Å². The molecule has 0 heterocycles. The zero-order valence-electron chi connectivity index (χ0n) is 7.01. The standard InChI is InChI=1S/C9H8F2O2/c1-2-9(12)13-8-4-6(10)3-7(11)5-8/h3-5H,2H2,1H3. The first-order valence-corrected chi connectivity index (χ1v) is 3.78. The lowest BCUT2D eigenvalue weighted by Gasteiger charge is -2.02. The van der Waals surface area contributed by atoms with Gasteiger partial charge in [-0.3, -0.25) is 4.79 Å². The van der Waals surface area contributed by atoms with Crippen molar-refractivity contribution in [3.8, 4) is 5.75 Å². The number of carbonyl (C=O) groups excluding carboxylic acids is 1. The van der Waals surface area contributed by atoms with E-state index >= 15 is 0 Å². The third-order valence-corrected chi connectivity index (χ3v) is 1.36. The Morgan fingerprint density at radius 3 is 2.31 bits per heavy atom. The van der Waals surface area contributed by atoms with Gasteiger partial charge in [-0.1, -0.05) is 6.92 Å². The number of rotatable bonds is 2. The van der Waals surface area contributed by atoms with Crippen LogP contribution in [0.5, 0.6) is 5.75 Å². The Morgan fingerprint density at radius 2 is 1.85 bits per heavy atom. The minimum absolute atomic E-state index is 0.107. The van der Waals surface area contributed by atoms with Crippen molar-refractivity contribution in [2.75, 3.05) is 0 Å². The van der Waals surface area contributed by atoms with Gasteiger partial charge < -0.3 is 4.74 Å². The summed E-state index contributed by atoms with van der Waals surface area (Å²) in [7, 11) is 0. The van der Waals surface area contributed by atoms with E-state index in [0.717, 1.165) is 12.1 Å². The Kier molecular flexibility index (Phi) is 2.95. The summed E-state index contributed by atoms with van der Waals surface area (Å²) in [5, 5.41) is 0. The fourth-order valence-electron chi connectivity index (χ4n) is 0.791. The lowest BCUT2D eigenvalue weighted by Crippen LogP contribution is -2.05. The number of halogens is 2. The molecule has 0 atom stereocenters. The maximum Gasteiger partial charge on any atom is 0.310 e. The molecule has 0 radical (unpaired) electrons. The smallest absolute Gasteiger partial charge is 0.310 e. The van der Waals surface area contributed by atoms with Crippen molar-refractivity contribution in [3.05, 3.63) is 29.8 Å². The summed E-state index contributed by atoms with van der Waals surface area (Å²) in [5.74, 6) is -2.16. The van der Waals surface area contributed by atoms with Crippen LogP contribution >= 0.6 is 0 Å². The Morgan fingerprint density at radius 1 is 1.31 bits per heavy atom. The van der Waals surface area contributed by atoms with Gasteiger partial charge in [0.15, 0.2) is 0 Å². The summed E-state index contributed by atoms with van der Waals surface area (Å²) < 4.78 is 29.7. The molecule has 0 saturated heterocycles. The molecule has 0 N–H and O–H groups in total. The van der Waals surface area contributed by atoms with Crippen LogP contribution in [-0.4, -0.2) is 5.97 Å². The monoisotopic (exact) mass is 186 g/mol. The van der Waals surface area contributed by atoms with Crippen molar-refractivity contribution in [2.24, 2.45) is 0 Å². The number of ether oxygens (including phenoxy) is 1. The van der Waals surface area contributed by atoms with Gasteiger partial charge in [-0.25, -0.2) is 8.78 Å². The molecule has 0 amide bonds. The van der Waals surface area contributed by atoms with Crippen LogP contribution in [0.25, 0.3) is 0 Å². The number of hydrogen-bond acceptors (Lipinski definition) is 2. The molecule has 0 spiro atoms. The summed E-state index contributed by atoms with van der Waals surface area (Å²) in [6.07, 6.45) is 0.165. The van der Waals surface area contributed by atoms with Crippen molar-refractivity contribution in [2.45, 2.75) is 13.3 Å². The van der Waals surface area contributed by atoms with Crippen LogP contribution in [0, 0.1) is 11.6 Å². The second-order valence-electron chi connectivity index (χ2n) is 2.43. The van der Waals surface area contributed by atoms with Gasteiger partial charge in [0, 0.05) is 24.6 Å². The highest BCUT2D eigenvalue weighted by Crippen LogP contribution is 2.15. The van der Waals surface area contributed by atoms with Crippen LogP contribution in [0.2, 0.25) is 0 Å². The summed E-state index contributed by atoms with van der Waals surface area (Å²) in [6.45, 7) is 1.60. The summed E-state index contributed by atoms with van der Waals surface area (Å²) in [4.78, 5) is 10.7. The van der Waals surface area contributed by atoms with Crippen molar-refractivity contribution >= 4 is 5.97 Å². The van der Waals surface area contributed by atoms with E-state index in [0.29, 0.717) is 6.07 Å². The second-order valence-corrected chi connectivity index (χ2v) is 2.43. The molecule has 0 unspecified atom stereocenters. The highest BCUT2D eigenvalue weighted by atomic mass is 19.1. The van der Waals surface area contributed by atoms with E-state index in [-0.39, 0.29) is 12.2 Å². The average Bonchev–Trinajstić information content (AvgIpc) is 2.02. The van der Waals surface area contributed by atoms with E-state index in [4.69, 9.17) is 0 Å². The molecular formula is C9H8F2O2. The maximum absolute atomic E-state index is 12.6. The zero-order chi connectivity index (χ0) is 9.84. The number of hydrogen-bond donors (Lipinski definition) is 0. The van der Waals surface area contributed by atoms with E-state index < -0.39 is 17.6 Å². The van der Waals surface area contributed by atoms with E-state index in [1.165, 1.54) is 0 Å². The van der Waals surface area contributed by atoms with Gasteiger partial charge in [-0.15, -0.1) is 0 Å². The molecule has 13 heavy (non-hydrogen) atoms. The first-order chi connectivity index (χ1) is 6.11. The van der Waals surface area contributed by atoms with E-state index in [2.05, 4.69) is 4.74 Å². The fraction of sp³-hybridized carbons (Fsp3) is 0.222. The third kappa shape index (κ3) is 2.82. The zero-order valence-corrected chi connectivity index (χ0v) is 7.01. The van der Waals surface area contributed by atoms with Gasteiger partial charge in [0.1, 0.15) is 17.4 Å². The van der Waals surface area contributed by atoms with Gasteiger partial charge in [0.25, 0.3) is 0 Å². The molecule has 0 aliphatic heterocycles. The number of benzene rings is 1. The summed E-state index contributed by atoms with van der Waals surface area (Å²) >= 11 is 0. The lowest BCUT2D eigenvalue weighted by molar-refractivity contribution is -0.134. The molecule has 0 aliphatic rings. The van der Waals surface area contributed by atoms with Crippen molar-refractivity contribution in [1.82, 2.24) is 0 Å². The molecule has 70 valence electrons. The van der Waals surface area contributed by atoms with Crippen LogP contribution in [0.1, 0.15) is 13.3 Å². The Labute approximate surface area is 74.1 Å². The second kappa shape index (κ2) is 3.98. The molecule has 0 fully saturated rings. The van der Waals surface area contributed by atoms with E-state index in [1.807, 2.05) is 0 Å². The van der Waals surface area contributed by atoms with Crippen molar-refractivity contribution in [1.29, 1.82) is 0 Å². The van der Waals surface area contributed by atoms with Crippen LogP contribution in [0.3, 0.4) is 0 Å². The van der Waals surface area contributed by atoms with Crippen molar-refractivity contribution < 1.29 is 18.3 Å². The Hall–Kier alpha value is -1.45. The minimum Gasteiger partial charge on any atom is -0.426 e. The van der Waals surface area contributed by atoms with Gasteiger partial charge in [0.05, 0.1) is 0 Å². The molecule has 1 aromatic rings. The summed E-state index contributed by atoms with van der Waals surface area (Å²) in [5.41, 5.74) is 0. The molecule has 4 heteroatoms. The SMILES string of the molecule is CCC(=O)Oc1cc(F)cc(F)c1. The summed E-state index contributed by atoms with van der Waals surface area (Å²) in [6, 6.07) is 2.62. The fourth-order valence-corrected chi connectivity index (χ4v) is 0.791. The van der Waals surface area contributed by atoms with Gasteiger partial charge in [-0.05, 0) is 0 Å². The maximum atomic E-state index is 12.6. The van der Waals surface area contributed by atoms with Gasteiger partial charge in [-0.2, -0.15) is 0 Å².